The number of benzene rings is 2. The summed E-state index contributed by atoms with van der Waals surface area (Å²) in [4.78, 5) is 24.2. The van der Waals surface area contributed by atoms with Crippen LogP contribution in [0.1, 0.15) is 51.7 Å². The van der Waals surface area contributed by atoms with Gasteiger partial charge in [0, 0.05) is 12.6 Å². The predicted octanol–water partition coefficient (Wildman–Crippen LogP) is 4.97. The third-order valence-corrected chi connectivity index (χ3v) is 5.15. The van der Waals surface area contributed by atoms with Gasteiger partial charge in [0.2, 0.25) is 5.91 Å². The summed E-state index contributed by atoms with van der Waals surface area (Å²) in [6.45, 7) is 8.66. The first-order chi connectivity index (χ1) is 16.8. The van der Waals surface area contributed by atoms with E-state index < -0.39 is 11.6 Å². The highest BCUT2D eigenvalue weighted by Crippen LogP contribution is 2.28. The van der Waals surface area contributed by atoms with E-state index in [-0.39, 0.29) is 5.91 Å². The number of methoxy groups -OCH3 is 1. The smallest absolute Gasteiger partial charge is 0.349 e. The van der Waals surface area contributed by atoms with E-state index in [0.29, 0.717) is 43.4 Å². The average molecular weight is 484 g/mol. The van der Waals surface area contributed by atoms with E-state index >= 15 is 0 Å². The van der Waals surface area contributed by atoms with Crippen LogP contribution in [0.5, 0.6) is 17.2 Å². The lowest BCUT2D eigenvalue weighted by Crippen LogP contribution is -2.39. The Hall–Kier alpha value is -3.48. The van der Waals surface area contributed by atoms with Crippen molar-refractivity contribution in [1.82, 2.24) is 5.32 Å². The Balaban J connectivity index is 1.82. The molecule has 0 radical (unpaired) electrons. The van der Waals surface area contributed by atoms with Crippen molar-refractivity contribution in [3.63, 3.8) is 0 Å². The molecule has 0 heterocycles. The molecule has 2 aromatic rings. The second kappa shape index (κ2) is 14.0. The third-order valence-electron chi connectivity index (χ3n) is 5.15. The van der Waals surface area contributed by atoms with Crippen molar-refractivity contribution >= 4 is 18.0 Å². The number of hydrogen-bond acceptors (Lipinski definition) is 6. The molecule has 190 valence electrons. The minimum absolute atomic E-state index is 0.177. The first-order valence-electron chi connectivity index (χ1n) is 12.0. The van der Waals surface area contributed by atoms with E-state index in [4.69, 9.17) is 18.9 Å². The molecular formula is C28H37NO6. The van der Waals surface area contributed by atoms with Crippen LogP contribution < -0.4 is 19.5 Å². The SMILES string of the molecule is CCCCOc1ccc(/C=C/C(=O)NCCc2ccc(OC(C)(C)C(=O)OCC)cc2)cc1OC. The number of ether oxygens (including phenoxy) is 4. The molecule has 0 aliphatic rings. The highest BCUT2D eigenvalue weighted by Gasteiger charge is 2.31. The summed E-state index contributed by atoms with van der Waals surface area (Å²) in [5, 5.41) is 2.88. The van der Waals surface area contributed by atoms with Gasteiger partial charge in [0.1, 0.15) is 5.75 Å². The maximum atomic E-state index is 12.2. The molecule has 0 unspecified atom stereocenters. The zero-order valence-electron chi connectivity index (χ0n) is 21.4. The minimum atomic E-state index is -1.07. The molecule has 0 saturated heterocycles. The zero-order chi connectivity index (χ0) is 25.7. The Kier molecular flexibility index (Phi) is 11.1. The minimum Gasteiger partial charge on any atom is -0.493 e. The van der Waals surface area contributed by atoms with Crippen LogP contribution in [-0.2, 0) is 20.7 Å². The molecule has 0 bridgehead atoms. The van der Waals surface area contributed by atoms with Crippen LogP contribution in [0.3, 0.4) is 0 Å². The fourth-order valence-corrected chi connectivity index (χ4v) is 3.16. The molecule has 7 heteroatoms. The largest absolute Gasteiger partial charge is 0.493 e. The van der Waals surface area contributed by atoms with Crippen molar-refractivity contribution in [2.24, 2.45) is 0 Å². The molecule has 0 fully saturated rings. The van der Waals surface area contributed by atoms with Crippen molar-refractivity contribution in [2.75, 3.05) is 26.9 Å². The van der Waals surface area contributed by atoms with Crippen LogP contribution in [-0.4, -0.2) is 44.3 Å². The summed E-state index contributed by atoms with van der Waals surface area (Å²) in [6, 6.07) is 13.0. The van der Waals surface area contributed by atoms with Crippen molar-refractivity contribution in [1.29, 1.82) is 0 Å². The summed E-state index contributed by atoms with van der Waals surface area (Å²) in [7, 11) is 1.60. The van der Waals surface area contributed by atoms with Crippen LogP contribution in [0.25, 0.3) is 6.08 Å². The molecule has 2 aromatic carbocycles. The van der Waals surface area contributed by atoms with Crippen LogP contribution in [0.2, 0.25) is 0 Å². The fraction of sp³-hybridized carbons (Fsp3) is 0.429. The molecular weight excluding hydrogens is 446 g/mol. The van der Waals surface area contributed by atoms with Gasteiger partial charge in [-0.3, -0.25) is 4.79 Å². The number of hydrogen-bond donors (Lipinski definition) is 1. The van der Waals surface area contributed by atoms with Gasteiger partial charge in [-0.1, -0.05) is 31.5 Å². The highest BCUT2D eigenvalue weighted by atomic mass is 16.6. The van der Waals surface area contributed by atoms with Crippen LogP contribution >= 0.6 is 0 Å². The zero-order valence-corrected chi connectivity index (χ0v) is 21.4. The van der Waals surface area contributed by atoms with Gasteiger partial charge < -0.3 is 24.3 Å². The third kappa shape index (κ3) is 9.35. The van der Waals surface area contributed by atoms with Crippen LogP contribution in [0, 0.1) is 0 Å². The number of unbranched alkanes of at least 4 members (excludes halogenated alkanes) is 1. The van der Waals surface area contributed by atoms with Crippen LogP contribution in [0.4, 0.5) is 0 Å². The molecule has 0 spiro atoms. The Morgan fingerprint density at radius 1 is 1.03 bits per heavy atom. The molecule has 0 atom stereocenters. The van der Waals surface area contributed by atoms with Crippen LogP contribution in [0.15, 0.2) is 48.5 Å². The fourth-order valence-electron chi connectivity index (χ4n) is 3.16. The Bertz CT molecular complexity index is 981. The van der Waals surface area contributed by atoms with Gasteiger partial charge in [-0.05, 0) is 75.1 Å². The Morgan fingerprint density at radius 3 is 2.43 bits per heavy atom. The van der Waals surface area contributed by atoms with E-state index in [1.807, 2.05) is 30.3 Å². The van der Waals surface area contributed by atoms with Gasteiger partial charge in [-0.25, -0.2) is 4.79 Å². The lowest BCUT2D eigenvalue weighted by molar-refractivity contribution is -0.158. The summed E-state index contributed by atoms with van der Waals surface area (Å²) < 4.78 is 21.9. The van der Waals surface area contributed by atoms with E-state index in [1.165, 1.54) is 6.08 Å². The summed E-state index contributed by atoms with van der Waals surface area (Å²) in [6.07, 6.45) is 5.95. The average Bonchev–Trinajstić information content (AvgIpc) is 2.84. The van der Waals surface area contributed by atoms with Gasteiger partial charge in [0.15, 0.2) is 17.1 Å². The molecule has 0 aliphatic carbocycles. The van der Waals surface area contributed by atoms with Gasteiger partial charge in [0.05, 0.1) is 20.3 Å². The van der Waals surface area contributed by atoms with E-state index in [2.05, 4.69) is 12.2 Å². The molecule has 0 aliphatic heterocycles. The molecule has 0 aromatic heterocycles. The monoisotopic (exact) mass is 483 g/mol. The molecule has 35 heavy (non-hydrogen) atoms. The predicted molar refractivity (Wildman–Crippen MR) is 137 cm³/mol. The number of carbonyl (C=O) groups is 2. The number of rotatable bonds is 14. The highest BCUT2D eigenvalue weighted by molar-refractivity contribution is 5.91. The van der Waals surface area contributed by atoms with E-state index in [9.17, 15) is 9.59 Å². The topological polar surface area (TPSA) is 83.1 Å². The van der Waals surface area contributed by atoms with Crippen molar-refractivity contribution in [3.8, 4) is 17.2 Å². The lowest BCUT2D eigenvalue weighted by Gasteiger charge is -2.24. The summed E-state index contributed by atoms with van der Waals surface area (Å²) in [5.41, 5.74) is 0.824. The summed E-state index contributed by atoms with van der Waals surface area (Å²) in [5.74, 6) is 1.33. The van der Waals surface area contributed by atoms with E-state index in [0.717, 1.165) is 24.0 Å². The first-order valence-corrected chi connectivity index (χ1v) is 12.0. The standard InChI is InChI=1S/C28H37NO6/c1-6-8-19-34-24-15-11-22(20-25(24)32-5)12-16-26(30)29-18-17-21-9-13-23(14-10-21)35-28(3,4)27(31)33-7-2/h9-16,20H,6-8,17-19H2,1-5H3,(H,29,30)/b16-12+. The van der Waals surface area contributed by atoms with Crippen molar-refractivity contribution in [2.45, 2.75) is 52.6 Å². The quantitative estimate of drug-likeness (QED) is 0.232. The second-order valence-corrected chi connectivity index (χ2v) is 8.46. The number of amides is 1. The Labute approximate surface area is 208 Å². The van der Waals surface area contributed by atoms with Gasteiger partial charge in [0.25, 0.3) is 0 Å². The molecule has 1 amide bonds. The number of nitrogens with one attached hydrogen (secondary N) is 1. The van der Waals surface area contributed by atoms with Crippen molar-refractivity contribution in [3.05, 3.63) is 59.7 Å². The molecule has 0 saturated carbocycles. The molecule has 2 rings (SSSR count). The lowest BCUT2D eigenvalue weighted by atomic mass is 10.1. The van der Waals surface area contributed by atoms with Gasteiger partial charge in [-0.15, -0.1) is 0 Å². The second-order valence-electron chi connectivity index (χ2n) is 8.46. The van der Waals surface area contributed by atoms with E-state index in [1.54, 1.807) is 46.1 Å². The first kappa shape index (κ1) is 27.8. The van der Waals surface area contributed by atoms with Gasteiger partial charge in [-0.2, -0.15) is 0 Å². The molecule has 1 N–H and O–H groups in total. The van der Waals surface area contributed by atoms with Crippen molar-refractivity contribution < 1.29 is 28.5 Å². The van der Waals surface area contributed by atoms with Gasteiger partial charge >= 0.3 is 5.97 Å². The maximum Gasteiger partial charge on any atom is 0.349 e. The normalized spacial score (nSPS) is 11.2. The molecule has 7 nitrogen and oxygen atoms in total. The number of carbonyl (C=O) groups excluding carboxylic acids is 2. The summed E-state index contributed by atoms with van der Waals surface area (Å²) >= 11 is 0. The maximum absolute atomic E-state index is 12.2. The number of esters is 1. The Morgan fingerprint density at radius 2 is 1.77 bits per heavy atom.